The number of carbonyl (C=O) groups excluding carboxylic acids is 2. The molecule has 0 radical (unpaired) electrons. The highest BCUT2D eigenvalue weighted by atomic mass is 79.9. The Hall–Kier alpha value is -2.86. The Balaban J connectivity index is 1.51. The highest BCUT2D eigenvalue weighted by Crippen LogP contribution is 2.30. The largest absolute Gasteiger partial charge is 0.390 e. The first-order chi connectivity index (χ1) is 18.5. The number of aliphatic hydroxyl groups excluding tert-OH is 1. The maximum atomic E-state index is 12.7. The normalized spacial score (nSPS) is 13.1. The molecule has 2 atom stereocenters. The molecule has 206 valence electrons. The number of carbonyl (C=O) groups is 2. The SMILES string of the molecule is Nc1ncc([C@H](c2[nH]c(N)nc2/C=C/CNC(=O)c2[nH]c(Br)cc2Br)[C@H](O)CNC(=O)c2[nH]c(Br)cc2Br)[nH]1. The molecule has 39 heavy (non-hydrogen) atoms. The lowest BCUT2D eigenvalue weighted by Crippen LogP contribution is -2.36. The van der Waals surface area contributed by atoms with Crippen molar-refractivity contribution < 1.29 is 14.7 Å². The smallest absolute Gasteiger partial charge is 0.269 e. The first kappa shape index (κ1) is 29.1. The molecule has 0 aromatic carbocycles. The van der Waals surface area contributed by atoms with Crippen molar-refractivity contribution in [3.8, 4) is 0 Å². The van der Waals surface area contributed by atoms with E-state index in [4.69, 9.17) is 11.5 Å². The van der Waals surface area contributed by atoms with E-state index in [2.05, 4.69) is 104 Å². The van der Waals surface area contributed by atoms with Crippen LogP contribution < -0.4 is 22.1 Å². The molecule has 0 unspecified atom stereocenters. The molecule has 0 saturated carbocycles. The van der Waals surface area contributed by atoms with Crippen LogP contribution in [0.4, 0.5) is 11.9 Å². The summed E-state index contributed by atoms with van der Waals surface area (Å²) in [5, 5.41) is 16.7. The molecular weight excluding hydrogens is 772 g/mol. The van der Waals surface area contributed by atoms with Crippen molar-refractivity contribution in [2.24, 2.45) is 0 Å². The van der Waals surface area contributed by atoms with E-state index in [1.54, 1.807) is 24.3 Å². The van der Waals surface area contributed by atoms with Gasteiger partial charge in [-0.2, -0.15) is 0 Å². The van der Waals surface area contributed by atoms with E-state index in [1.165, 1.54) is 6.20 Å². The van der Waals surface area contributed by atoms with Gasteiger partial charge in [0.15, 0.2) is 11.9 Å². The van der Waals surface area contributed by atoms with Crippen LogP contribution in [0, 0.1) is 0 Å². The zero-order chi connectivity index (χ0) is 28.3. The number of aliphatic hydroxyl groups is 1. The summed E-state index contributed by atoms with van der Waals surface area (Å²) in [5.41, 5.74) is 13.8. The molecule has 4 heterocycles. The van der Waals surface area contributed by atoms with Crippen LogP contribution in [-0.2, 0) is 0 Å². The summed E-state index contributed by atoms with van der Waals surface area (Å²) in [6.45, 7) is 0.0687. The molecule has 0 aliphatic rings. The average Bonchev–Trinajstić information content (AvgIpc) is 3.63. The molecular formula is C22H22Br4N10O3. The van der Waals surface area contributed by atoms with Gasteiger partial charge < -0.3 is 47.1 Å². The lowest BCUT2D eigenvalue weighted by atomic mass is 9.93. The highest BCUT2D eigenvalue weighted by Gasteiger charge is 2.30. The third-order valence-corrected chi connectivity index (χ3v) is 7.59. The Labute approximate surface area is 254 Å². The number of nitrogens with one attached hydrogen (secondary N) is 6. The molecule has 0 aliphatic heterocycles. The van der Waals surface area contributed by atoms with Crippen molar-refractivity contribution >= 4 is 93.5 Å². The Bertz CT molecular complexity index is 1520. The van der Waals surface area contributed by atoms with E-state index in [0.29, 0.717) is 46.6 Å². The number of aromatic nitrogens is 6. The predicted molar refractivity (Wildman–Crippen MR) is 160 cm³/mol. The summed E-state index contributed by atoms with van der Waals surface area (Å²) >= 11 is 13.2. The van der Waals surface area contributed by atoms with Crippen LogP contribution in [0.25, 0.3) is 6.08 Å². The molecule has 17 heteroatoms. The lowest BCUT2D eigenvalue weighted by Gasteiger charge is -2.22. The number of hydrogen-bond acceptors (Lipinski definition) is 7. The third-order valence-electron chi connectivity index (χ3n) is 5.48. The molecule has 0 saturated heterocycles. The van der Waals surface area contributed by atoms with Crippen LogP contribution in [0.5, 0.6) is 0 Å². The van der Waals surface area contributed by atoms with Crippen LogP contribution >= 0.6 is 63.7 Å². The maximum absolute atomic E-state index is 12.7. The van der Waals surface area contributed by atoms with Gasteiger partial charge in [-0.25, -0.2) is 9.97 Å². The molecule has 4 aromatic heterocycles. The average molecular weight is 794 g/mol. The number of imidazole rings is 2. The number of aromatic amines is 4. The lowest BCUT2D eigenvalue weighted by molar-refractivity contribution is 0.0897. The monoisotopic (exact) mass is 790 g/mol. The fraction of sp³-hybridized carbons (Fsp3) is 0.182. The third kappa shape index (κ3) is 7.02. The second-order valence-electron chi connectivity index (χ2n) is 8.19. The van der Waals surface area contributed by atoms with Crippen molar-refractivity contribution in [3.05, 3.63) is 71.0 Å². The highest BCUT2D eigenvalue weighted by molar-refractivity contribution is 9.11. The quantitative estimate of drug-likeness (QED) is 0.117. The van der Waals surface area contributed by atoms with Gasteiger partial charge in [-0.15, -0.1) is 0 Å². The van der Waals surface area contributed by atoms with Crippen LogP contribution in [-0.4, -0.2) is 66.0 Å². The van der Waals surface area contributed by atoms with Crippen molar-refractivity contribution in [3.63, 3.8) is 0 Å². The zero-order valence-corrected chi connectivity index (χ0v) is 26.1. The molecule has 4 rings (SSSR count). The van der Waals surface area contributed by atoms with Crippen molar-refractivity contribution in [2.45, 2.75) is 12.0 Å². The molecule has 4 aromatic rings. The number of H-pyrrole nitrogens is 4. The Kier molecular flexibility index (Phi) is 9.37. The van der Waals surface area contributed by atoms with Crippen LogP contribution in [0.2, 0.25) is 0 Å². The number of hydrogen-bond donors (Lipinski definition) is 9. The van der Waals surface area contributed by atoms with Gasteiger partial charge in [0, 0.05) is 27.7 Å². The number of amides is 2. The number of anilines is 2. The van der Waals surface area contributed by atoms with E-state index < -0.39 is 17.9 Å². The zero-order valence-electron chi connectivity index (χ0n) is 19.8. The van der Waals surface area contributed by atoms with Crippen molar-refractivity contribution in [2.75, 3.05) is 24.6 Å². The van der Waals surface area contributed by atoms with E-state index in [-0.39, 0.29) is 30.9 Å². The van der Waals surface area contributed by atoms with Gasteiger partial charge in [0.1, 0.15) is 11.4 Å². The maximum Gasteiger partial charge on any atom is 0.269 e. The summed E-state index contributed by atoms with van der Waals surface area (Å²) in [6, 6.07) is 3.43. The van der Waals surface area contributed by atoms with Gasteiger partial charge in [0.25, 0.3) is 11.8 Å². The van der Waals surface area contributed by atoms with E-state index >= 15 is 0 Å². The number of nitrogen functional groups attached to an aromatic ring is 2. The fourth-order valence-corrected chi connectivity index (χ4v) is 6.28. The van der Waals surface area contributed by atoms with Crippen LogP contribution in [0.15, 0.2) is 42.6 Å². The molecule has 13 nitrogen and oxygen atoms in total. The minimum absolute atomic E-state index is 0.114. The van der Waals surface area contributed by atoms with E-state index in [9.17, 15) is 14.7 Å². The van der Waals surface area contributed by atoms with Crippen LogP contribution in [0.3, 0.4) is 0 Å². The summed E-state index contributed by atoms with van der Waals surface area (Å²) in [7, 11) is 0. The fourth-order valence-electron chi connectivity index (χ4n) is 3.79. The number of rotatable bonds is 10. The summed E-state index contributed by atoms with van der Waals surface area (Å²) in [4.78, 5) is 45.2. The minimum atomic E-state index is -1.14. The van der Waals surface area contributed by atoms with Gasteiger partial charge in [-0.3, -0.25) is 9.59 Å². The first-order valence-corrected chi connectivity index (χ1v) is 14.4. The summed E-state index contributed by atoms with van der Waals surface area (Å²) in [5.74, 6) is -1.23. The molecule has 0 aliphatic carbocycles. The second-order valence-corrected chi connectivity index (χ2v) is 11.6. The molecule has 0 spiro atoms. The first-order valence-electron chi connectivity index (χ1n) is 11.2. The summed E-state index contributed by atoms with van der Waals surface area (Å²) in [6.07, 6.45) is 3.70. The molecule has 0 fully saturated rings. The van der Waals surface area contributed by atoms with Gasteiger partial charge in [-0.1, -0.05) is 6.08 Å². The van der Waals surface area contributed by atoms with Gasteiger partial charge in [-0.05, 0) is 81.9 Å². The van der Waals surface area contributed by atoms with Crippen LogP contribution in [0.1, 0.15) is 44.0 Å². The number of nitrogens with zero attached hydrogens (tertiary/aromatic N) is 2. The molecule has 0 bridgehead atoms. The number of nitrogens with two attached hydrogens (primary N) is 2. The van der Waals surface area contributed by atoms with E-state index in [0.717, 1.165) is 0 Å². The molecule has 2 amide bonds. The van der Waals surface area contributed by atoms with Gasteiger partial charge >= 0.3 is 0 Å². The number of halogens is 4. The van der Waals surface area contributed by atoms with Gasteiger partial charge in [0.2, 0.25) is 0 Å². The Morgan fingerprint density at radius 3 is 2.10 bits per heavy atom. The molecule has 11 N–H and O–H groups in total. The van der Waals surface area contributed by atoms with Gasteiger partial charge in [0.05, 0.1) is 38.8 Å². The van der Waals surface area contributed by atoms with Crippen molar-refractivity contribution in [1.82, 2.24) is 40.5 Å². The van der Waals surface area contributed by atoms with Crippen molar-refractivity contribution in [1.29, 1.82) is 0 Å². The second kappa shape index (κ2) is 12.5. The topological polar surface area (TPSA) is 219 Å². The Morgan fingerprint density at radius 1 is 0.949 bits per heavy atom. The summed E-state index contributed by atoms with van der Waals surface area (Å²) < 4.78 is 2.48. The Morgan fingerprint density at radius 2 is 1.56 bits per heavy atom. The minimum Gasteiger partial charge on any atom is -0.390 e. The standard InChI is InChI=1S/C22H22Br4N10O3/c23-8-4-13(25)34-16(8)19(38)29-3-1-2-10-18(36-22(28)32-10)15(11-6-31-21(27)33-11)12(37)7-30-20(39)17-9(24)5-14(26)35-17/h1-2,4-6,12,15,34-35,37H,3,7H2,(H,29,38)(H,30,39)(H3,27,31,33)(H3,28,32,36)/b2-1+/t12-,15+/m1/s1. The predicted octanol–water partition coefficient (Wildman–Crippen LogP) is 3.37. The van der Waals surface area contributed by atoms with E-state index in [1.807, 2.05) is 0 Å².